The highest BCUT2D eigenvalue weighted by Crippen LogP contribution is 2.37. The van der Waals surface area contributed by atoms with Gasteiger partial charge in [-0.3, -0.25) is 4.98 Å². The lowest BCUT2D eigenvalue weighted by Gasteiger charge is -2.08. The fourth-order valence-corrected chi connectivity index (χ4v) is 1.38. The molecule has 0 fully saturated rings. The number of rotatable bonds is 2. The van der Waals surface area contributed by atoms with E-state index in [0.717, 1.165) is 6.20 Å². The Balaban J connectivity index is 3.27. The van der Waals surface area contributed by atoms with Crippen molar-refractivity contribution in [2.24, 2.45) is 0 Å². The first kappa shape index (κ1) is 10.5. The number of hydrogen-bond donors (Lipinski definition) is 0. The third-order valence-corrected chi connectivity index (χ3v) is 2.00. The molecule has 0 saturated heterocycles. The fraction of sp³-hybridized carbons (Fsp3) is 0.286. The van der Waals surface area contributed by atoms with Crippen LogP contribution in [0.4, 0.5) is 8.78 Å². The minimum atomic E-state index is -2.74. The summed E-state index contributed by atoms with van der Waals surface area (Å²) >= 11 is 11.1. The number of alkyl halides is 2. The van der Waals surface area contributed by atoms with Crippen LogP contribution in [0.5, 0.6) is 5.75 Å². The molecule has 13 heavy (non-hydrogen) atoms. The number of ether oxygens (including phenoxy) is 1. The summed E-state index contributed by atoms with van der Waals surface area (Å²) in [6.07, 6.45) is -1.66. The van der Waals surface area contributed by atoms with Gasteiger partial charge in [-0.05, 0) is 0 Å². The quantitative estimate of drug-likeness (QED) is 0.774. The molecule has 1 heterocycles. The van der Waals surface area contributed by atoms with Crippen LogP contribution in [0.25, 0.3) is 0 Å². The monoisotopic (exact) mass is 227 g/mol. The van der Waals surface area contributed by atoms with E-state index in [4.69, 9.17) is 27.9 Å². The van der Waals surface area contributed by atoms with Gasteiger partial charge in [0.1, 0.15) is 15.7 Å². The van der Waals surface area contributed by atoms with Gasteiger partial charge in [0.25, 0.3) is 6.43 Å². The average molecular weight is 228 g/mol. The van der Waals surface area contributed by atoms with Crippen molar-refractivity contribution in [3.8, 4) is 5.75 Å². The molecule has 6 heteroatoms. The highest BCUT2D eigenvalue weighted by molar-refractivity contribution is 6.37. The second-order valence-electron chi connectivity index (χ2n) is 2.14. The lowest BCUT2D eigenvalue weighted by Crippen LogP contribution is -1.95. The first-order chi connectivity index (χ1) is 6.07. The summed E-state index contributed by atoms with van der Waals surface area (Å²) in [5, 5.41) is -0.137. The molecular formula is C7H5Cl2F2NO. The van der Waals surface area contributed by atoms with Crippen LogP contribution >= 0.6 is 23.2 Å². The third kappa shape index (κ3) is 2.00. The van der Waals surface area contributed by atoms with E-state index in [9.17, 15) is 8.78 Å². The maximum absolute atomic E-state index is 12.2. The van der Waals surface area contributed by atoms with E-state index in [-0.39, 0.29) is 15.8 Å². The highest BCUT2D eigenvalue weighted by Gasteiger charge is 2.19. The predicted molar refractivity (Wildman–Crippen MR) is 45.8 cm³/mol. The molecular weight excluding hydrogens is 223 g/mol. The molecule has 0 aliphatic rings. The minimum absolute atomic E-state index is 0.0219. The number of aromatic nitrogens is 1. The van der Waals surface area contributed by atoms with Gasteiger partial charge >= 0.3 is 0 Å². The van der Waals surface area contributed by atoms with E-state index in [1.807, 2.05) is 0 Å². The number of pyridine rings is 1. The average Bonchev–Trinajstić information content (AvgIpc) is 2.04. The zero-order valence-electron chi connectivity index (χ0n) is 6.52. The van der Waals surface area contributed by atoms with Gasteiger partial charge in [0, 0.05) is 6.20 Å². The van der Waals surface area contributed by atoms with Crippen molar-refractivity contribution in [1.82, 2.24) is 4.98 Å². The van der Waals surface area contributed by atoms with Crippen molar-refractivity contribution in [2.45, 2.75) is 6.43 Å². The van der Waals surface area contributed by atoms with Crippen LogP contribution in [-0.2, 0) is 0 Å². The fourth-order valence-electron chi connectivity index (χ4n) is 0.802. The van der Waals surface area contributed by atoms with Crippen LogP contribution in [0.15, 0.2) is 6.20 Å². The molecule has 0 aliphatic carbocycles. The third-order valence-electron chi connectivity index (χ3n) is 1.37. The highest BCUT2D eigenvalue weighted by atomic mass is 35.5. The van der Waals surface area contributed by atoms with E-state index in [1.54, 1.807) is 0 Å². The second kappa shape index (κ2) is 4.07. The SMILES string of the molecule is COc1c(Cl)cnc(C(F)F)c1Cl. The minimum Gasteiger partial charge on any atom is -0.493 e. The Hall–Kier alpha value is -0.610. The summed E-state index contributed by atoms with van der Waals surface area (Å²) in [5.74, 6) is 0.0219. The van der Waals surface area contributed by atoms with Gasteiger partial charge in [-0.25, -0.2) is 8.78 Å². The van der Waals surface area contributed by atoms with E-state index < -0.39 is 12.1 Å². The van der Waals surface area contributed by atoms with E-state index in [2.05, 4.69) is 4.98 Å². The normalized spacial score (nSPS) is 10.6. The van der Waals surface area contributed by atoms with Crippen LogP contribution in [0.1, 0.15) is 12.1 Å². The van der Waals surface area contributed by atoms with Crippen LogP contribution in [0.2, 0.25) is 10.0 Å². The molecule has 0 spiro atoms. The molecule has 0 N–H and O–H groups in total. The topological polar surface area (TPSA) is 22.1 Å². The summed E-state index contributed by atoms with van der Waals surface area (Å²) < 4.78 is 29.2. The van der Waals surface area contributed by atoms with Gasteiger partial charge in [-0.15, -0.1) is 0 Å². The zero-order chi connectivity index (χ0) is 10.0. The van der Waals surface area contributed by atoms with Gasteiger partial charge in [0.05, 0.1) is 7.11 Å². The van der Waals surface area contributed by atoms with Gasteiger partial charge < -0.3 is 4.74 Å². The molecule has 1 aromatic heterocycles. The lowest BCUT2D eigenvalue weighted by atomic mass is 10.3. The Morgan fingerprint density at radius 3 is 2.54 bits per heavy atom. The predicted octanol–water partition coefficient (Wildman–Crippen LogP) is 3.33. The van der Waals surface area contributed by atoms with Gasteiger partial charge in [0.2, 0.25) is 0 Å². The Labute approximate surface area is 83.4 Å². The molecule has 0 atom stereocenters. The second-order valence-corrected chi connectivity index (χ2v) is 2.92. The lowest BCUT2D eigenvalue weighted by molar-refractivity contribution is 0.146. The van der Waals surface area contributed by atoms with Crippen LogP contribution in [0, 0.1) is 0 Å². The first-order valence-corrected chi connectivity index (χ1v) is 3.99. The Kier molecular flexibility index (Phi) is 3.27. The molecule has 1 aromatic rings. The van der Waals surface area contributed by atoms with Crippen molar-refractivity contribution in [2.75, 3.05) is 7.11 Å². The van der Waals surface area contributed by atoms with Gasteiger partial charge in [-0.1, -0.05) is 23.2 Å². The summed E-state index contributed by atoms with van der Waals surface area (Å²) in [6, 6.07) is 0. The summed E-state index contributed by atoms with van der Waals surface area (Å²) in [4.78, 5) is 3.39. The van der Waals surface area contributed by atoms with Crippen LogP contribution in [0.3, 0.4) is 0 Å². The van der Waals surface area contributed by atoms with Crippen molar-refractivity contribution >= 4 is 23.2 Å². The first-order valence-electron chi connectivity index (χ1n) is 3.24. The summed E-state index contributed by atoms with van der Waals surface area (Å²) in [5.41, 5.74) is -0.525. The Morgan fingerprint density at radius 1 is 1.46 bits per heavy atom. The van der Waals surface area contributed by atoms with Crippen LogP contribution < -0.4 is 4.74 Å². The van der Waals surface area contributed by atoms with E-state index >= 15 is 0 Å². The van der Waals surface area contributed by atoms with Crippen molar-refractivity contribution in [3.63, 3.8) is 0 Å². The Morgan fingerprint density at radius 2 is 2.08 bits per heavy atom. The molecule has 0 radical (unpaired) electrons. The maximum Gasteiger partial charge on any atom is 0.281 e. The summed E-state index contributed by atoms with van der Waals surface area (Å²) in [6.45, 7) is 0. The molecule has 72 valence electrons. The number of halogens is 4. The number of nitrogens with zero attached hydrogens (tertiary/aromatic N) is 1. The van der Waals surface area contributed by atoms with Crippen LogP contribution in [-0.4, -0.2) is 12.1 Å². The molecule has 0 aliphatic heterocycles. The smallest absolute Gasteiger partial charge is 0.281 e. The molecule has 0 unspecified atom stereocenters. The van der Waals surface area contributed by atoms with Crippen molar-refractivity contribution < 1.29 is 13.5 Å². The zero-order valence-corrected chi connectivity index (χ0v) is 8.03. The maximum atomic E-state index is 12.2. The van der Waals surface area contributed by atoms with Gasteiger partial charge in [-0.2, -0.15) is 0 Å². The molecule has 0 amide bonds. The number of methoxy groups -OCH3 is 1. The summed E-state index contributed by atoms with van der Waals surface area (Å²) in [7, 11) is 1.29. The molecule has 0 aromatic carbocycles. The Bertz CT molecular complexity index is 320. The largest absolute Gasteiger partial charge is 0.493 e. The van der Waals surface area contributed by atoms with Gasteiger partial charge in [0.15, 0.2) is 5.75 Å². The number of hydrogen-bond acceptors (Lipinski definition) is 2. The van der Waals surface area contributed by atoms with Crippen molar-refractivity contribution in [1.29, 1.82) is 0 Å². The van der Waals surface area contributed by atoms with Crippen molar-refractivity contribution in [3.05, 3.63) is 21.9 Å². The molecule has 2 nitrogen and oxygen atoms in total. The molecule has 0 saturated carbocycles. The van der Waals surface area contributed by atoms with E-state index in [0.29, 0.717) is 0 Å². The standard InChI is InChI=1S/C7H5Cl2F2NO/c1-13-6-3(8)2-12-5(4(6)9)7(10)11/h2,7H,1H3. The molecule has 0 bridgehead atoms. The molecule has 1 rings (SSSR count). The van der Waals surface area contributed by atoms with E-state index in [1.165, 1.54) is 7.11 Å².